The van der Waals surface area contributed by atoms with Gasteiger partial charge in [-0.1, -0.05) is 65.7 Å². The molecule has 1 unspecified atom stereocenters. The van der Waals surface area contributed by atoms with Crippen molar-refractivity contribution >= 4 is 41.3 Å². The Bertz CT molecular complexity index is 1490. The van der Waals surface area contributed by atoms with Gasteiger partial charge >= 0.3 is 5.97 Å². The number of benzene rings is 4. The van der Waals surface area contributed by atoms with E-state index in [1.54, 1.807) is 31.2 Å². The fourth-order valence-corrected chi connectivity index (χ4v) is 4.02. The van der Waals surface area contributed by atoms with Crippen LogP contribution < -0.4 is 19.6 Å². The first-order valence-electron chi connectivity index (χ1n) is 11.8. The largest absolute Gasteiger partial charge is 0.493 e. The Morgan fingerprint density at radius 3 is 2.28 bits per heavy atom. The molecule has 0 aliphatic carbocycles. The molecule has 0 spiro atoms. The Kier molecular flexibility index (Phi) is 9.20. The van der Waals surface area contributed by atoms with Gasteiger partial charge in [0.25, 0.3) is 5.91 Å². The molecule has 1 N–H and O–H groups in total. The zero-order chi connectivity index (χ0) is 27.8. The molecule has 0 saturated heterocycles. The van der Waals surface area contributed by atoms with Crippen LogP contribution in [0.3, 0.4) is 0 Å². The zero-order valence-electron chi connectivity index (χ0n) is 21.1. The summed E-state index contributed by atoms with van der Waals surface area (Å²) in [5, 5.41) is 4.57. The number of hydrogen-bond acceptors (Lipinski definition) is 6. The van der Waals surface area contributed by atoms with Gasteiger partial charge in [-0.3, -0.25) is 4.79 Å². The molecule has 0 bridgehead atoms. The Morgan fingerprint density at radius 1 is 0.872 bits per heavy atom. The number of esters is 1. The van der Waals surface area contributed by atoms with E-state index in [2.05, 4.69) is 10.5 Å². The summed E-state index contributed by atoms with van der Waals surface area (Å²) in [6.07, 6.45) is 0.657. The van der Waals surface area contributed by atoms with Crippen LogP contribution in [0.4, 0.5) is 0 Å². The minimum absolute atomic E-state index is 0.167. The predicted octanol–water partition coefficient (Wildman–Crippen LogP) is 6.81. The average Bonchev–Trinajstić information content (AvgIpc) is 2.94. The fraction of sp³-hybridized carbons (Fsp3) is 0.100. The molecule has 9 heteroatoms. The monoisotopic (exact) mass is 562 g/mol. The van der Waals surface area contributed by atoms with E-state index in [9.17, 15) is 9.59 Å². The van der Waals surface area contributed by atoms with Crippen LogP contribution in [0.1, 0.15) is 22.8 Å². The molecular weight excluding hydrogens is 539 g/mol. The maximum atomic E-state index is 12.5. The van der Waals surface area contributed by atoms with Crippen molar-refractivity contribution in [3.05, 3.63) is 112 Å². The summed E-state index contributed by atoms with van der Waals surface area (Å²) in [6, 6.07) is 26.8. The van der Waals surface area contributed by atoms with Crippen LogP contribution in [-0.4, -0.2) is 31.3 Å². The van der Waals surface area contributed by atoms with E-state index >= 15 is 0 Å². The molecule has 4 rings (SSSR count). The Morgan fingerprint density at radius 2 is 1.59 bits per heavy atom. The van der Waals surface area contributed by atoms with E-state index < -0.39 is 18.0 Å². The highest BCUT2D eigenvalue weighted by molar-refractivity contribution is 6.36. The number of hydrazone groups is 1. The van der Waals surface area contributed by atoms with Crippen LogP contribution in [0.15, 0.2) is 96.1 Å². The van der Waals surface area contributed by atoms with Crippen molar-refractivity contribution < 1.29 is 23.8 Å². The van der Waals surface area contributed by atoms with Crippen LogP contribution in [0.25, 0.3) is 11.1 Å². The number of halogens is 2. The summed E-state index contributed by atoms with van der Waals surface area (Å²) < 4.78 is 16.5. The van der Waals surface area contributed by atoms with Gasteiger partial charge in [0, 0.05) is 5.02 Å². The normalized spacial score (nSPS) is 11.6. The number of amides is 1. The van der Waals surface area contributed by atoms with E-state index in [4.69, 9.17) is 37.4 Å². The summed E-state index contributed by atoms with van der Waals surface area (Å²) in [6.45, 7) is 1.63. The third-order valence-electron chi connectivity index (χ3n) is 5.57. The molecule has 1 atom stereocenters. The van der Waals surface area contributed by atoms with Gasteiger partial charge in [0.1, 0.15) is 5.75 Å². The summed E-state index contributed by atoms with van der Waals surface area (Å²) in [4.78, 5) is 25.0. The highest BCUT2D eigenvalue weighted by atomic mass is 35.5. The van der Waals surface area contributed by atoms with Crippen molar-refractivity contribution in [2.45, 2.75) is 13.0 Å². The van der Waals surface area contributed by atoms with E-state index in [0.717, 1.165) is 11.1 Å². The first-order valence-corrected chi connectivity index (χ1v) is 12.6. The summed E-state index contributed by atoms with van der Waals surface area (Å²) in [5.41, 5.74) is 5.37. The molecule has 1 amide bonds. The lowest BCUT2D eigenvalue weighted by molar-refractivity contribution is -0.127. The highest BCUT2D eigenvalue weighted by Crippen LogP contribution is 2.30. The number of methoxy groups -OCH3 is 1. The van der Waals surface area contributed by atoms with Gasteiger partial charge in [-0.25, -0.2) is 10.2 Å². The lowest BCUT2D eigenvalue weighted by Crippen LogP contribution is -2.33. The molecule has 0 aromatic heterocycles. The quantitative estimate of drug-likeness (QED) is 0.105. The van der Waals surface area contributed by atoms with E-state index in [0.29, 0.717) is 22.1 Å². The molecule has 0 saturated carbocycles. The van der Waals surface area contributed by atoms with Crippen molar-refractivity contribution in [3.63, 3.8) is 0 Å². The van der Waals surface area contributed by atoms with Crippen LogP contribution in [0.5, 0.6) is 17.2 Å². The standard InChI is InChI=1S/C30H24Cl2N2O5/c1-19(38-24-12-9-22(10-13-24)21-6-4-3-5-7-21)29(35)34-33-18-20-8-15-27(28(16-20)37-2)39-30(36)25-14-11-23(31)17-26(25)32/h3-19H,1-2H3,(H,34,35)/b33-18+. The number of nitrogens with zero attached hydrogens (tertiary/aromatic N) is 1. The molecule has 4 aromatic rings. The van der Waals surface area contributed by atoms with Crippen molar-refractivity contribution in [2.24, 2.45) is 5.10 Å². The summed E-state index contributed by atoms with van der Waals surface area (Å²) in [5.74, 6) is -0.0338. The topological polar surface area (TPSA) is 86.2 Å². The lowest BCUT2D eigenvalue weighted by atomic mass is 10.1. The molecule has 39 heavy (non-hydrogen) atoms. The lowest BCUT2D eigenvalue weighted by Gasteiger charge is -2.13. The molecule has 0 aliphatic heterocycles. The van der Waals surface area contributed by atoms with Crippen LogP contribution in [0.2, 0.25) is 10.0 Å². The molecule has 0 radical (unpaired) electrons. The molecule has 198 valence electrons. The van der Waals surface area contributed by atoms with Gasteiger partial charge in [0.15, 0.2) is 17.6 Å². The number of carbonyl (C=O) groups is 2. The van der Waals surface area contributed by atoms with Crippen molar-refractivity contribution in [1.82, 2.24) is 5.43 Å². The number of hydrogen-bond donors (Lipinski definition) is 1. The maximum absolute atomic E-state index is 12.5. The van der Waals surface area contributed by atoms with Gasteiger partial charge in [0.05, 0.1) is 23.9 Å². The minimum Gasteiger partial charge on any atom is -0.493 e. The van der Waals surface area contributed by atoms with Gasteiger partial charge < -0.3 is 14.2 Å². The van der Waals surface area contributed by atoms with Crippen molar-refractivity contribution in [3.8, 4) is 28.4 Å². The van der Waals surface area contributed by atoms with Crippen LogP contribution in [0, 0.1) is 0 Å². The third-order valence-corrected chi connectivity index (χ3v) is 6.12. The number of nitrogens with one attached hydrogen (secondary N) is 1. The summed E-state index contributed by atoms with van der Waals surface area (Å²) >= 11 is 12.0. The summed E-state index contributed by atoms with van der Waals surface area (Å²) in [7, 11) is 1.44. The molecular formula is C30H24Cl2N2O5. The van der Waals surface area contributed by atoms with Gasteiger partial charge in [-0.2, -0.15) is 5.10 Å². The molecule has 4 aromatic carbocycles. The van der Waals surface area contributed by atoms with Gasteiger partial charge in [-0.05, 0) is 72.1 Å². The van der Waals surface area contributed by atoms with Gasteiger partial charge in [-0.15, -0.1) is 0 Å². The van der Waals surface area contributed by atoms with E-state index in [1.165, 1.54) is 25.5 Å². The first-order chi connectivity index (χ1) is 18.8. The van der Waals surface area contributed by atoms with Gasteiger partial charge in [0.2, 0.25) is 0 Å². The Balaban J connectivity index is 1.33. The smallest absolute Gasteiger partial charge is 0.345 e. The second kappa shape index (κ2) is 13.0. The van der Waals surface area contributed by atoms with Crippen LogP contribution in [-0.2, 0) is 4.79 Å². The fourth-order valence-electron chi connectivity index (χ4n) is 3.53. The first kappa shape index (κ1) is 27.7. The van der Waals surface area contributed by atoms with Crippen LogP contribution >= 0.6 is 23.2 Å². The SMILES string of the molecule is COc1cc(/C=N/NC(=O)C(C)Oc2ccc(-c3ccccc3)cc2)ccc1OC(=O)c1ccc(Cl)cc1Cl. The Hall–Kier alpha value is -4.33. The highest BCUT2D eigenvalue weighted by Gasteiger charge is 2.17. The minimum atomic E-state index is -0.777. The second-order valence-electron chi connectivity index (χ2n) is 8.31. The zero-order valence-corrected chi connectivity index (χ0v) is 22.6. The van der Waals surface area contributed by atoms with E-state index in [1.807, 2.05) is 54.6 Å². The molecule has 0 aliphatic rings. The number of ether oxygens (including phenoxy) is 3. The third kappa shape index (κ3) is 7.37. The Labute approximate surface area is 235 Å². The average molecular weight is 563 g/mol. The number of rotatable bonds is 9. The molecule has 7 nitrogen and oxygen atoms in total. The molecule has 0 heterocycles. The number of carbonyl (C=O) groups excluding carboxylic acids is 2. The maximum Gasteiger partial charge on any atom is 0.345 e. The molecule has 0 fully saturated rings. The second-order valence-corrected chi connectivity index (χ2v) is 9.15. The van der Waals surface area contributed by atoms with Crippen molar-refractivity contribution in [1.29, 1.82) is 0 Å². The predicted molar refractivity (Wildman–Crippen MR) is 152 cm³/mol. The van der Waals surface area contributed by atoms with E-state index in [-0.39, 0.29) is 16.3 Å². The van der Waals surface area contributed by atoms with Crippen molar-refractivity contribution in [2.75, 3.05) is 7.11 Å².